The SMILES string of the molecule is Cc1ccc(NC(=O)NC2CC(N(CC(=O)O)CC3CC3)C2)nc1. The summed E-state index contributed by atoms with van der Waals surface area (Å²) in [5, 5.41) is 14.7. The van der Waals surface area contributed by atoms with Crippen molar-refractivity contribution in [1.82, 2.24) is 15.2 Å². The first-order valence-corrected chi connectivity index (χ1v) is 8.45. The van der Waals surface area contributed by atoms with Gasteiger partial charge in [-0.1, -0.05) is 6.07 Å². The number of carboxylic acids is 1. The number of rotatable bonds is 7. The summed E-state index contributed by atoms with van der Waals surface area (Å²) in [5.41, 5.74) is 1.04. The molecule has 0 aromatic carbocycles. The van der Waals surface area contributed by atoms with Gasteiger partial charge in [-0.05, 0) is 50.2 Å². The highest BCUT2D eigenvalue weighted by atomic mass is 16.4. The zero-order chi connectivity index (χ0) is 17.1. The Bertz CT molecular complexity index is 594. The fraction of sp³-hybridized carbons (Fsp3) is 0.588. The number of amides is 2. The molecule has 0 bridgehead atoms. The topological polar surface area (TPSA) is 94.6 Å². The van der Waals surface area contributed by atoms with Crippen LogP contribution in [0, 0.1) is 12.8 Å². The number of anilines is 1. The van der Waals surface area contributed by atoms with Crippen molar-refractivity contribution in [1.29, 1.82) is 0 Å². The van der Waals surface area contributed by atoms with Crippen LogP contribution in [0.4, 0.5) is 10.6 Å². The van der Waals surface area contributed by atoms with Gasteiger partial charge in [0.25, 0.3) is 0 Å². The number of urea groups is 1. The lowest BCUT2D eigenvalue weighted by Gasteiger charge is -2.42. The van der Waals surface area contributed by atoms with Gasteiger partial charge in [0.1, 0.15) is 5.82 Å². The molecule has 0 unspecified atom stereocenters. The van der Waals surface area contributed by atoms with Gasteiger partial charge in [0, 0.05) is 24.8 Å². The molecule has 7 heteroatoms. The summed E-state index contributed by atoms with van der Waals surface area (Å²) in [5.74, 6) is 0.401. The molecule has 2 amide bonds. The Morgan fingerprint density at radius 2 is 2.08 bits per heavy atom. The molecule has 130 valence electrons. The quantitative estimate of drug-likeness (QED) is 0.708. The molecule has 2 saturated carbocycles. The fourth-order valence-corrected chi connectivity index (χ4v) is 3.03. The minimum absolute atomic E-state index is 0.0906. The Kier molecular flexibility index (Phi) is 4.99. The first-order chi connectivity index (χ1) is 11.5. The van der Waals surface area contributed by atoms with Crippen molar-refractivity contribution in [2.45, 2.75) is 44.7 Å². The second-order valence-corrected chi connectivity index (χ2v) is 6.91. The number of pyridine rings is 1. The molecule has 0 saturated heterocycles. The van der Waals surface area contributed by atoms with Crippen molar-refractivity contribution in [2.24, 2.45) is 5.92 Å². The molecule has 7 nitrogen and oxygen atoms in total. The van der Waals surface area contributed by atoms with Gasteiger partial charge < -0.3 is 10.4 Å². The van der Waals surface area contributed by atoms with Gasteiger partial charge in [-0.15, -0.1) is 0 Å². The maximum Gasteiger partial charge on any atom is 0.320 e. The summed E-state index contributed by atoms with van der Waals surface area (Å²) in [6.45, 7) is 2.90. The summed E-state index contributed by atoms with van der Waals surface area (Å²) >= 11 is 0. The van der Waals surface area contributed by atoms with Crippen molar-refractivity contribution >= 4 is 17.8 Å². The Morgan fingerprint density at radius 3 is 2.67 bits per heavy atom. The van der Waals surface area contributed by atoms with Crippen LogP contribution in [0.1, 0.15) is 31.2 Å². The lowest BCUT2D eigenvalue weighted by Crippen LogP contribution is -2.55. The zero-order valence-corrected chi connectivity index (χ0v) is 13.9. The predicted octanol–water partition coefficient (Wildman–Crippen LogP) is 1.84. The van der Waals surface area contributed by atoms with Crippen molar-refractivity contribution in [2.75, 3.05) is 18.4 Å². The largest absolute Gasteiger partial charge is 0.480 e. The molecule has 3 rings (SSSR count). The second-order valence-electron chi connectivity index (χ2n) is 6.91. The van der Waals surface area contributed by atoms with Crippen LogP contribution in [-0.4, -0.2) is 52.2 Å². The highest BCUT2D eigenvalue weighted by molar-refractivity contribution is 5.88. The molecule has 0 aliphatic heterocycles. The van der Waals surface area contributed by atoms with Crippen LogP contribution in [0.5, 0.6) is 0 Å². The number of aromatic nitrogens is 1. The number of nitrogens with zero attached hydrogens (tertiary/aromatic N) is 2. The van der Waals surface area contributed by atoms with Gasteiger partial charge in [-0.3, -0.25) is 15.0 Å². The summed E-state index contributed by atoms with van der Waals surface area (Å²) in [6.07, 6.45) is 5.72. The third kappa shape index (κ3) is 4.67. The Balaban J connectivity index is 1.42. The van der Waals surface area contributed by atoms with E-state index in [0.717, 1.165) is 24.9 Å². The minimum Gasteiger partial charge on any atom is -0.480 e. The van der Waals surface area contributed by atoms with Crippen LogP contribution >= 0.6 is 0 Å². The molecule has 3 N–H and O–H groups in total. The number of aliphatic carboxylic acids is 1. The van der Waals surface area contributed by atoms with E-state index in [1.807, 2.05) is 13.0 Å². The number of hydrogen-bond acceptors (Lipinski definition) is 4. The Labute approximate surface area is 141 Å². The summed E-state index contributed by atoms with van der Waals surface area (Å²) in [6, 6.07) is 3.74. The first-order valence-electron chi connectivity index (χ1n) is 8.45. The van der Waals surface area contributed by atoms with Crippen LogP contribution in [0.2, 0.25) is 0 Å². The van der Waals surface area contributed by atoms with E-state index >= 15 is 0 Å². The number of aryl methyl sites for hydroxylation is 1. The van der Waals surface area contributed by atoms with E-state index in [2.05, 4.69) is 20.5 Å². The van der Waals surface area contributed by atoms with E-state index in [-0.39, 0.29) is 24.7 Å². The van der Waals surface area contributed by atoms with Gasteiger partial charge in [-0.25, -0.2) is 9.78 Å². The average molecular weight is 332 g/mol. The first kappa shape index (κ1) is 16.7. The maximum atomic E-state index is 12.0. The maximum absolute atomic E-state index is 12.0. The normalized spacial score (nSPS) is 22.8. The molecule has 2 fully saturated rings. The third-order valence-corrected chi connectivity index (χ3v) is 4.65. The highest BCUT2D eigenvalue weighted by Crippen LogP contribution is 2.33. The molecule has 2 aliphatic carbocycles. The van der Waals surface area contributed by atoms with Crippen LogP contribution < -0.4 is 10.6 Å². The van der Waals surface area contributed by atoms with Crippen LogP contribution in [-0.2, 0) is 4.79 Å². The van der Waals surface area contributed by atoms with E-state index in [4.69, 9.17) is 5.11 Å². The zero-order valence-electron chi connectivity index (χ0n) is 13.9. The van der Waals surface area contributed by atoms with E-state index in [0.29, 0.717) is 11.7 Å². The van der Waals surface area contributed by atoms with Crippen molar-refractivity contribution in [3.05, 3.63) is 23.9 Å². The smallest absolute Gasteiger partial charge is 0.320 e. The lowest BCUT2D eigenvalue weighted by atomic mass is 9.85. The Morgan fingerprint density at radius 1 is 1.33 bits per heavy atom. The van der Waals surface area contributed by atoms with Crippen LogP contribution in [0.15, 0.2) is 18.3 Å². The van der Waals surface area contributed by atoms with E-state index in [9.17, 15) is 9.59 Å². The number of hydrogen-bond donors (Lipinski definition) is 3. The second kappa shape index (κ2) is 7.17. The number of carbonyl (C=O) groups excluding carboxylic acids is 1. The third-order valence-electron chi connectivity index (χ3n) is 4.65. The number of nitrogens with one attached hydrogen (secondary N) is 2. The fourth-order valence-electron chi connectivity index (χ4n) is 3.03. The number of carbonyl (C=O) groups is 2. The predicted molar refractivity (Wildman–Crippen MR) is 89.9 cm³/mol. The molecule has 1 aromatic rings. The van der Waals surface area contributed by atoms with Gasteiger partial charge in [0.05, 0.1) is 6.54 Å². The van der Waals surface area contributed by atoms with Crippen LogP contribution in [0.3, 0.4) is 0 Å². The number of carboxylic acid groups (broad SMARTS) is 1. The summed E-state index contributed by atoms with van der Waals surface area (Å²) < 4.78 is 0. The molecule has 0 radical (unpaired) electrons. The standard InChI is InChI=1S/C17H24N4O3/c1-11-2-5-15(18-8-11)20-17(24)19-13-6-14(7-13)21(10-16(22)23)9-12-3-4-12/h2,5,8,12-14H,3-4,6-7,9-10H2,1H3,(H,22,23)(H2,18,19,20,24). The van der Waals surface area contributed by atoms with Gasteiger partial charge >= 0.3 is 12.0 Å². The van der Waals surface area contributed by atoms with E-state index < -0.39 is 5.97 Å². The average Bonchev–Trinajstić information content (AvgIpc) is 3.28. The summed E-state index contributed by atoms with van der Waals surface area (Å²) in [7, 11) is 0. The minimum atomic E-state index is -0.782. The highest BCUT2D eigenvalue weighted by Gasteiger charge is 2.37. The molecule has 1 heterocycles. The molecule has 0 atom stereocenters. The molecule has 0 spiro atoms. The molecule has 1 aromatic heterocycles. The van der Waals surface area contributed by atoms with Crippen molar-refractivity contribution in [3.8, 4) is 0 Å². The molecular formula is C17H24N4O3. The summed E-state index contributed by atoms with van der Waals surface area (Å²) in [4.78, 5) is 29.2. The Hall–Kier alpha value is -2.15. The van der Waals surface area contributed by atoms with Crippen LogP contribution in [0.25, 0.3) is 0 Å². The van der Waals surface area contributed by atoms with Crippen molar-refractivity contribution in [3.63, 3.8) is 0 Å². The monoisotopic (exact) mass is 332 g/mol. The van der Waals surface area contributed by atoms with E-state index in [1.54, 1.807) is 12.3 Å². The van der Waals surface area contributed by atoms with E-state index in [1.165, 1.54) is 12.8 Å². The van der Waals surface area contributed by atoms with Gasteiger partial charge in [0.15, 0.2) is 0 Å². The lowest BCUT2D eigenvalue weighted by molar-refractivity contribution is -0.139. The molecule has 2 aliphatic rings. The van der Waals surface area contributed by atoms with Gasteiger partial charge in [0.2, 0.25) is 0 Å². The van der Waals surface area contributed by atoms with Gasteiger partial charge in [-0.2, -0.15) is 0 Å². The molecule has 24 heavy (non-hydrogen) atoms. The van der Waals surface area contributed by atoms with Crippen molar-refractivity contribution < 1.29 is 14.7 Å². The molecular weight excluding hydrogens is 308 g/mol.